The van der Waals surface area contributed by atoms with Crippen molar-refractivity contribution in [1.29, 1.82) is 0 Å². The van der Waals surface area contributed by atoms with Gasteiger partial charge < -0.3 is 14.8 Å². The Bertz CT molecular complexity index is 1010. The van der Waals surface area contributed by atoms with Gasteiger partial charge in [-0.3, -0.25) is 14.9 Å². The van der Waals surface area contributed by atoms with Gasteiger partial charge in [0.05, 0.1) is 29.2 Å². The minimum Gasteiger partial charge on any atom is -0.465 e. The summed E-state index contributed by atoms with van der Waals surface area (Å²) < 4.78 is 9.41. The van der Waals surface area contributed by atoms with E-state index >= 15 is 0 Å². The van der Waals surface area contributed by atoms with Crippen LogP contribution in [0, 0.1) is 10.1 Å². The molecule has 0 saturated carbocycles. The number of methoxy groups -OCH3 is 1. The molecule has 0 aromatic heterocycles. The monoisotopic (exact) mass is 454 g/mol. The Morgan fingerprint density at radius 2 is 1.73 bits per heavy atom. The summed E-state index contributed by atoms with van der Waals surface area (Å²) in [6.45, 7) is 1.03. The zero-order chi connectivity index (χ0) is 22.4. The number of nitrogens with one attached hydrogen (secondary N) is 1. The molecule has 9 nitrogen and oxygen atoms in total. The number of non-ortho nitro benzene ring substituents is 1. The van der Waals surface area contributed by atoms with Crippen LogP contribution in [-0.4, -0.2) is 36.5 Å². The molecule has 2 aromatic rings. The lowest BCUT2D eigenvalue weighted by atomic mass is 10.1. The summed E-state index contributed by atoms with van der Waals surface area (Å²) in [4.78, 5) is 46.2. The first-order valence-electron chi connectivity index (χ1n) is 8.41. The molecule has 0 heterocycles. The number of esters is 2. The van der Waals surface area contributed by atoms with Crippen molar-refractivity contribution in [3.63, 3.8) is 0 Å². The minimum absolute atomic E-state index is 0.200. The molecule has 0 bridgehead atoms. The van der Waals surface area contributed by atoms with Crippen LogP contribution in [0.3, 0.4) is 0 Å². The number of hydrogen-bond acceptors (Lipinski definition) is 7. The van der Waals surface area contributed by atoms with Crippen LogP contribution in [0.25, 0.3) is 0 Å². The van der Waals surface area contributed by atoms with Crippen molar-refractivity contribution in [2.24, 2.45) is 0 Å². The number of rotatable bonds is 7. The normalized spacial score (nSPS) is 11.3. The van der Waals surface area contributed by atoms with Crippen molar-refractivity contribution in [2.75, 3.05) is 13.7 Å². The van der Waals surface area contributed by atoms with Gasteiger partial charge in [-0.2, -0.15) is 0 Å². The number of carbonyl (C=O) groups is 3. The van der Waals surface area contributed by atoms with Crippen molar-refractivity contribution >= 4 is 46.7 Å². The smallest absolute Gasteiger partial charge is 0.338 e. The Morgan fingerprint density at radius 3 is 2.30 bits per heavy atom. The van der Waals surface area contributed by atoms with Gasteiger partial charge in [0.25, 0.3) is 11.6 Å². The van der Waals surface area contributed by atoms with E-state index in [1.165, 1.54) is 6.07 Å². The molecule has 0 saturated heterocycles. The van der Waals surface area contributed by atoms with Crippen LogP contribution < -0.4 is 5.32 Å². The maximum Gasteiger partial charge on any atom is 0.338 e. The van der Waals surface area contributed by atoms with Crippen molar-refractivity contribution in [2.45, 2.75) is 13.0 Å². The fourth-order valence-electron chi connectivity index (χ4n) is 2.50. The molecule has 1 N–H and O–H groups in total. The summed E-state index contributed by atoms with van der Waals surface area (Å²) in [7, 11) is 1.09. The highest BCUT2D eigenvalue weighted by molar-refractivity contribution is 6.35. The summed E-state index contributed by atoms with van der Waals surface area (Å²) in [6.07, 6.45) is 0. The number of carbonyl (C=O) groups excluding carboxylic acids is 3. The van der Waals surface area contributed by atoms with E-state index in [1.807, 2.05) is 0 Å². The van der Waals surface area contributed by atoms with Gasteiger partial charge in [0.1, 0.15) is 0 Å². The Hall–Kier alpha value is -3.17. The number of nitro benzene ring substituents is 1. The molecule has 1 atom stereocenters. The fourth-order valence-corrected chi connectivity index (χ4v) is 3.07. The van der Waals surface area contributed by atoms with Crippen molar-refractivity contribution in [3.8, 4) is 0 Å². The van der Waals surface area contributed by atoms with Gasteiger partial charge in [-0.25, -0.2) is 9.59 Å². The molecule has 11 heteroatoms. The van der Waals surface area contributed by atoms with E-state index in [9.17, 15) is 24.5 Å². The highest BCUT2D eigenvalue weighted by Crippen LogP contribution is 2.26. The first kappa shape index (κ1) is 23.1. The maximum absolute atomic E-state index is 12.2. The van der Waals surface area contributed by atoms with Gasteiger partial charge >= 0.3 is 11.9 Å². The molecule has 1 amide bonds. The molecule has 158 valence electrons. The molecule has 0 aliphatic carbocycles. The largest absolute Gasteiger partial charge is 0.465 e. The third-order valence-corrected chi connectivity index (χ3v) is 4.49. The zero-order valence-corrected chi connectivity index (χ0v) is 17.3. The lowest BCUT2D eigenvalue weighted by Crippen LogP contribution is -2.31. The van der Waals surface area contributed by atoms with Crippen molar-refractivity contribution < 1.29 is 28.8 Å². The second-order valence-corrected chi connectivity index (χ2v) is 6.89. The topological polar surface area (TPSA) is 125 Å². The molecule has 0 spiro atoms. The second-order valence-electron chi connectivity index (χ2n) is 6.05. The Labute approximate surface area is 181 Å². The van der Waals surface area contributed by atoms with E-state index in [-0.39, 0.29) is 11.1 Å². The molecule has 0 aliphatic rings. The first-order valence-corrected chi connectivity index (χ1v) is 9.17. The van der Waals surface area contributed by atoms with E-state index in [2.05, 4.69) is 10.1 Å². The highest BCUT2D eigenvalue weighted by atomic mass is 35.5. The summed E-state index contributed by atoms with van der Waals surface area (Å²) in [5, 5.41) is 14.4. The zero-order valence-electron chi connectivity index (χ0n) is 15.8. The van der Waals surface area contributed by atoms with Gasteiger partial charge in [0.15, 0.2) is 6.61 Å². The number of nitrogens with zero attached hydrogens (tertiary/aromatic N) is 1. The van der Waals surface area contributed by atoms with Crippen LogP contribution in [0.1, 0.15) is 39.2 Å². The number of benzene rings is 2. The van der Waals surface area contributed by atoms with Crippen LogP contribution in [0.4, 0.5) is 5.69 Å². The number of amides is 1. The summed E-state index contributed by atoms with van der Waals surface area (Å²) in [5.74, 6) is -2.50. The van der Waals surface area contributed by atoms with Crippen molar-refractivity contribution in [1.82, 2.24) is 5.32 Å². The fraction of sp³-hybridized carbons (Fsp3) is 0.211. The summed E-state index contributed by atoms with van der Waals surface area (Å²) in [6, 6.07) is 7.28. The van der Waals surface area contributed by atoms with Crippen LogP contribution in [0.2, 0.25) is 10.0 Å². The number of hydrogen-bond donors (Lipinski definition) is 1. The van der Waals surface area contributed by atoms with Crippen LogP contribution in [-0.2, 0) is 14.3 Å². The summed E-state index contributed by atoms with van der Waals surface area (Å²) in [5.41, 5.74) is -0.359. The Kier molecular flexibility index (Phi) is 7.73. The first-order chi connectivity index (χ1) is 14.1. The predicted molar refractivity (Wildman–Crippen MR) is 108 cm³/mol. The summed E-state index contributed by atoms with van der Waals surface area (Å²) >= 11 is 11.9. The number of nitro groups is 1. The average Bonchev–Trinajstić information content (AvgIpc) is 2.70. The van der Waals surface area contributed by atoms with E-state index in [4.69, 9.17) is 27.9 Å². The number of halogens is 2. The Morgan fingerprint density at radius 1 is 1.10 bits per heavy atom. The highest BCUT2D eigenvalue weighted by Gasteiger charge is 2.20. The molecular weight excluding hydrogens is 439 g/mol. The van der Waals surface area contributed by atoms with E-state index < -0.39 is 41.1 Å². The SMILES string of the molecule is COC(=O)c1cc(C(=O)OCC(=O)NC(C)c2ccc(Cl)cc2Cl)cc([N+](=O)[O-])c1. The quantitative estimate of drug-likeness (QED) is 0.383. The Balaban J connectivity index is 2.05. The lowest BCUT2D eigenvalue weighted by Gasteiger charge is -2.16. The third kappa shape index (κ3) is 5.91. The third-order valence-electron chi connectivity index (χ3n) is 3.93. The van der Waals surface area contributed by atoms with Gasteiger partial charge in [-0.15, -0.1) is 0 Å². The van der Waals surface area contributed by atoms with Crippen LogP contribution in [0.5, 0.6) is 0 Å². The average molecular weight is 455 g/mol. The molecule has 0 fully saturated rings. The maximum atomic E-state index is 12.2. The van der Waals surface area contributed by atoms with Gasteiger partial charge in [0.2, 0.25) is 0 Å². The van der Waals surface area contributed by atoms with Gasteiger partial charge in [0, 0.05) is 22.2 Å². The van der Waals surface area contributed by atoms with Gasteiger partial charge in [-0.05, 0) is 30.7 Å². The van der Waals surface area contributed by atoms with Crippen molar-refractivity contribution in [3.05, 3.63) is 73.2 Å². The predicted octanol–water partition coefficient (Wildman–Crippen LogP) is 3.72. The van der Waals surface area contributed by atoms with Gasteiger partial charge in [-0.1, -0.05) is 29.3 Å². The molecule has 1 unspecified atom stereocenters. The van der Waals surface area contributed by atoms with Crippen LogP contribution in [0.15, 0.2) is 36.4 Å². The van der Waals surface area contributed by atoms with E-state index in [0.29, 0.717) is 15.6 Å². The van der Waals surface area contributed by atoms with E-state index in [0.717, 1.165) is 25.3 Å². The molecule has 2 rings (SSSR count). The minimum atomic E-state index is -1.02. The molecule has 2 aromatic carbocycles. The second kappa shape index (κ2) is 10.0. The number of ether oxygens (including phenoxy) is 2. The molecule has 0 aliphatic heterocycles. The molecule has 0 radical (unpaired) electrons. The van der Waals surface area contributed by atoms with Crippen LogP contribution >= 0.6 is 23.2 Å². The standard InChI is InChI=1S/C19H16Cl2N2O7/c1-10(15-4-3-13(20)8-16(15)21)22-17(24)9-30-19(26)12-5-11(18(25)29-2)6-14(7-12)23(27)28/h3-8,10H,9H2,1-2H3,(H,22,24). The molecular formula is C19H16Cl2N2O7. The molecule has 30 heavy (non-hydrogen) atoms. The van der Waals surface area contributed by atoms with E-state index in [1.54, 1.807) is 19.1 Å². The lowest BCUT2D eigenvalue weighted by molar-refractivity contribution is -0.384.